The van der Waals surface area contributed by atoms with Gasteiger partial charge in [-0.1, -0.05) is 13.8 Å². The highest BCUT2D eigenvalue weighted by molar-refractivity contribution is 5.89. The van der Waals surface area contributed by atoms with Crippen LogP contribution in [0.2, 0.25) is 0 Å². The highest BCUT2D eigenvalue weighted by Crippen LogP contribution is 2.22. The molecular weight excluding hydrogens is 321 g/mol. The number of aromatic amines is 1. The third-order valence-electron chi connectivity index (χ3n) is 4.65. The van der Waals surface area contributed by atoms with Gasteiger partial charge in [0.15, 0.2) is 0 Å². The van der Waals surface area contributed by atoms with E-state index in [1.807, 2.05) is 20.0 Å². The van der Waals surface area contributed by atoms with Crippen LogP contribution in [0.1, 0.15) is 25.8 Å². The van der Waals surface area contributed by atoms with Gasteiger partial charge in [0.2, 0.25) is 11.8 Å². The minimum absolute atomic E-state index is 0.00992. The number of hydrogen-bond donors (Lipinski definition) is 2. The molecule has 1 atom stereocenters. The summed E-state index contributed by atoms with van der Waals surface area (Å²) in [4.78, 5) is 29.2. The lowest BCUT2D eigenvalue weighted by molar-refractivity contribution is -0.129. The zero-order valence-corrected chi connectivity index (χ0v) is 14.6. The minimum Gasteiger partial charge on any atom is -0.361 e. The molecule has 1 aromatic heterocycles. The number of rotatable bonds is 6. The van der Waals surface area contributed by atoms with Gasteiger partial charge in [0, 0.05) is 43.2 Å². The van der Waals surface area contributed by atoms with Crippen molar-refractivity contribution >= 4 is 22.7 Å². The Hall–Kier alpha value is -2.37. The van der Waals surface area contributed by atoms with Crippen LogP contribution in [-0.2, 0) is 16.0 Å². The fourth-order valence-electron chi connectivity index (χ4n) is 3.23. The Morgan fingerprint density at radius 3 is 3.00 bits per heavy atom. The van der Waals surface area contributed by atoms with Gasteiger partial charge in [-0.05, 0) is 36.1 Å². The summed E-state index contributed by atoms with van der Waals surface area (Å²) in [5.41, 5.74) is 1.87. The highest BCUT2D eigenvalue weighted by Gasteiger charge is 2.33. The van der Waals surface area contributed by atoms with Gasteiger partial charge in [-0.25, -0.2) is 4.39 Å². The minimum atomic E-state index is -0.272. The number of hydrogen-bond acceptors (Lipinski definition) is 2. The Labute approximate surface area is 146 Å². The lowest BCUT2D eigenvalue weighted by Gasteiger charge is -2.16. The topological polar surface area (TPSA) is 65.2 Å². The molecule has 1 fully saturated rings. The normalized spacial score (nSPS) is 17.7. The molecule has 134 valence electrons. The van der Waals surface area contributed by atoms with E-state index in [-0.39, 0.29) is 30.0 Å². The van der Waals surface area contributed by atoms with Crippen LogP contribution in [0.25, 0.3) is 10.9 Å². The average Bonchev–Trinajstić information content (AvgIpc) is 3.14. The predicted molar refractivity (Wildman–Crippen MR) is 94.5 cm³/mol. The predicted octanol–water partition coefficient (Wildman–Crippen LogP) is 2.47. The Balaban J connectivity index is 1.59. The third kappa shape index (κ3) is 4.00. The van der Waals surface area contributed by atoms with Crippen LogP contribution in [0.5, 0.6) is 0 Å². The Morgan fingerprint density at radius 1 is 1.44 bits per heavy atom. The fraction of sp³-hybridized carbons (Fsp3) is 0.474. The maximum Gasteiger partial charge on any atom is 0.225 e. The van der Waals surface area contributed by atoms with E-state index in [9.17, 15) is 14.0 Å². The van der Waals surface area contributed by atoms with Crippen LogP contribution in [0, 0.1) is 17.7 Å². The summed E-state index contributed by atoms with van der Waals surface area (Å²) in [6.07, 6.45) is 2.76. The monoisotopic (exact) mass is 345 g/mol. The van der Waals surface area contributed by atoms with E-state index in [4.69, 9.17) is 0 Å². The van der Waals surface area contributed by atoms with Gasteiger partial charge < -0.3 is 15.2 Å². The molecule has 25 heavy (non-hydrogen) atoms. The molecule has 6 heteroatoms. The first-order valence-electron chi connectivity index (χ1n) is 8.75. The standard InChI is InChI=1S/C19H24FN3O2/c1-12(2)9-22-19(25)14-7-18(24)23(11-14)6-5-13-10-21-17-4-3-15(20)8-16(13)17/h3-4,8,10,12,14,21H,5-7,9,11H2,1-2H3,(H,22,25)/t14-/m0/s1. The summed E-state index contributed by atoms with van der Waals surface area (Å²) in [5, 5.41) is 3.75. The molecule has 2 amide bonds. The van der Waals surface area contributed by atoms with Crippen LogP contribution >= 0.6 is 0 Å². The summed E-state index contributed by atoms with van der Waals surface area (Å²) in [6, 6.07) is 4.65. The molecule has 0 aliphatic carbocycles. The first-order valence-corrected chi connectivity index (χ1v) is 8.75. The number of nitrogens with zero attached hydrogens (tertiary/aromatic N) is 1. The molecule has 2 heterocycles. The number of carbonyl (C=O) groups is 2. The van der Waals surface area contributed by atoms with Crippen molar-refractivity contribution in [3.8, 4) is 0 Å². The molecule has 0 saturated carbocycles. The van der Waals surface area contributed by atoms with Gasteiger partial charge in [0.25, 0.3) is 0 Å². The first-order chi connectivity index (χ1) is 11.9. The molecule has 0 unspecified atom stereocenters. The second-order valence-electron chi connectivity index (χ2n) is 7.13. The van der Waals surface area contributed by atoms with Crippen LogP contribution in [0.4, 0.5) is 4.39 Å². The summed E-state index contributed by atoms with van der Waals surface area (Å²) in [6.45, 7) is 5.70. The van der Waals surface area contributed by atoms with E-state index in [0.717, 1.165) is 16.5 Å². The van der Waals surface area contributed by atoms with E-state index in [2.05, 4.69) is 10.3 Å². The van der Waals surface area contributed by atoms with Crippen LogP contribution in [-0.4, -0.2) is 41.3 Å². The van der Waals surface area contributed by atoms with Crippen LogP contribution in [0.15, 0.2) is 24.4 Å². The van der Waals surface area contributed by atoms with Gasteiger partial charge in [-0.2, -0.15) is 0 Å². The average molecular weight is 345 g/mol. The van der Waals surface area contributed by atoms with E-state index in [1.165, 1.54) is 12.1 Å². The zero-order valence-electron chi connectivity index (χ0n) is 14.6. The van der Waals surface area contributed by atoms with Gasteiger partial charge >= 0.3 is 0 Å². The van der Waals surface area contributed by atoms with Crippen molar-refractivity contribution in [1.82, 2.24) is 15.2 Å². The molecule has 2 aromatic rings. The second kappa shape index (κ2) is 7.25. The van der Waals surface area contributed by atoms with Crippen molar-refractivity contribution in [1.29, 1.82) is 0 Å². The van der Waals surface area contributed by atoms with Gasteiger partial charge in [0.1, 0.15) is 5.82 Å². The largest absolute Gasteiger partial charge is 0.361 e. The summed E-state index contributed by atoms with van der Waals surface area (Å²) in [5.74, 6) is -0.187. The molecule has 3 rings (SSSR count). The van der Waals surface area contributed by atoms with E-state index in [0.29, 0.717) is 32.0 Å². The summed E-state index contributed by atoms with van der Waals surface area (Å²) < 4.78 is 13.4. The zero-order chi connectivity index (χ0) is 18.0. The number of nitrogens with one attached hydrogen (secondary N) is 2. The maximum atomic E-state index is 13.4. The molecule has 0 radical (unpaired) electrons. The lowest BCUT2D eigenvalue weighted by Crippen LogP contribution is -2.35. The molecular formula is C19H24FN3O2. The first kappa shape index (κ1) is 17.5. The molecule has 1 aromatic carbocycles. The quantitative estimate of drug-likeness (QED) is 0.845. The number of fused-ring (bicyclic) bond motifs is 1. The number of H-pyrrole nitrogens is 1. The van der Waals surface area contributed by atoms with Crippen molar-refractivity contribution in [2.24, 2.45) is 11.8 Å². The van der Waals surface area contributed by atoms with E-state index < -0.39 is 0 Å². The van der Waals surface area contributed by atoms with Crippen molar-refractivity contribution in [3.63, 3.8) is 0 Å². The van der Waals surface area contributed by atoms with Crippen LogP contribution < -0.4 is 5.32 Å². The van der Waals surface area contributed by atoms with Crippen molar-refractivity contribution < 1.29 is 14.0 Å². The number of amides is 2. The fourth-order valence-corrected chi connectivity index (χ4v) is 3.23. The maximum absolute atomic E-state index is 13.4. The highest BCUT2D eigenvalue weighted by atomic mass is 19.1. The number of aromatic nitrogens is 1. The third-order valence-corrected chi connectivity index (χ3v) is 4.65. The molecule has 1 aliphatic heterocycles. The van der Waals surface area contributed by atoms with E-state index >= 15 is 0 Å². The van der Waals surface area contributed by atoms with E-state index in [1.54, 1.807) is 11.0 Å². The molecule has 1 aliphatic rings. The number of likely N-dealkylation sites (tertiary alicyclic amines) is 1. The lowest BCUT2D eigenvalue weighted by atomic mass is 10.1. The molecule has 0 spiro atoms. The molecule has 1 saturated heterocycles. The molecule has 2 N–H and O–H groups in total. The van der Waals surface area contributed by atoms with Gasteiger partial charge in [0.05, 0.1) is 5.92 Å². The Kier molecular flexibility index (Phi) is 5.06. The molecule has 5 nitrogen and oxygen atoms in total. The van der Waals surface area contributed by atoms with Crippen molar-refractivity contribution in [2.75, 3.05) is 19.6 Å². The SMILES string of the molecule is CC(C)CNC(=O)[C@H]1CC(=O)N(CCc2c[nH]c3ccc(F)cc23)C1. The Bertz CT molecular complexity index is 784. The molecule has 0 bridgehead atoms. The second-order valence-corrected chi connectivity index (χ2v) is 7.13. The number of carbonyl (C=O) groups excluding carboxylic acids is 2. The summed E-state index contributed by atoms with van der Waals surface area (Å²) in [7, 11) is 0. The van der Waals surface area contributed by atoms with Crippen LogP contribution in [0.3, 0.4) is 0 Å². The summed E-state index contributed by atoms with van der Waals surface area (Å²) >= 11 is 0. The van der Waals surface area contributed by atoms with Gasteiger partial charge in [-0.3, -0.25) is 9.59 Å². The smallest absolute Gasteiger partial charge is 0.225 e. The van der Waals surface area contributed by atoms with Crippen molar-refractivity contribution in [2.45, 2.75) is 26.7 Å². The van der Waals surface area contributed by atoms with Crippen molar-refractivity contribution in [3.05, 3.63) is 35.8 Å². The Morgan fingerprint density at radius 2 is 2.24 bits per heavy atom. The number of halogens is 1. The number of benzene rings is 1. The van der Waals surface area contributed by atoms with Gasteiger partial charge in [-0.15, -0.1) is 0 Å².